The first-order valence-electron chi connectivity index (χ1n) is 6.72. The van der Waals surface area contributed by atoms with Gasteiger partial charge in [-0.1, -0.05) is 11.3 Å². The number of aromatic nitrogens is 1. The predicted molar refractivity (Wildman–Crippen MR) is 87.8 cm³/mol. The Morgan fingerprint density at radius 2 is 1.95 bits per heavy atom. The highest BCUT2D eigenvalue weighted by Crippen LogP contribution is 2.31. The Morgan fingerprint density at radius 3 is 2.62 bits per heavy atom. The molecule has 0 spiro atoms. The van der Waals surface area contributed by atoms with Gasteiger partial charge in [-0.15, -0.1) is 0 Å². The molecule has 21 heavy (non-hydrogen) atoms. The number of nitrogens with zero attached hydrogens (tertiary/aromatic N) is 3. The molecule has 1 aromatic heterocycles. The summed E-state index contributed by atoms with van der Waals surface area (Å²) in [5.74, 6) is 0. The van der Waals surface area contributed by atoms with Gasteiger partial charge in [0.1, 0.15) is 0 Å². The standard InChI is InChI=1S/C13H18N4O2S2/c1-16-5-7-17(8-6-16)13-14-11-4-3-10(9-12(11)20-13)15-21(2,18)19/h3-4,9,15H,5-8H2,1-2H3. The summed E-state index contributed by atoms with van der Waals surface area (Å²) in [6, 6.07) is 5.45. The fraction of sp³-hybridized carbons (Fsp3) is 0.462. The van der Waals surface area contributed by atoms with E-state index in [0.29, 0.717) is 5.69 Å². The molecule has 0 radical (unpaired) electrons. The van der Waals surface area contributed by atoms with Crippen LogP contribution in [-0.2, 0) is 10.0 Å². The van der Waals surface area contributed by atoms with Crippen LogP contribution in [0.25, 0.3) is 10.2 Å². The summed E-state index contributed by atoms with van der Waals surface area (Å²) in [6.07, 6.45) is 1.15. The number of hydrogen-bond acceptors (Lipinski definition) is 6. The second kappa shape index (κ2) is 5.43. The number of hydrogen-bond donors (Lipinski definition) is 1. The fourth-order valence-corrected chi connectivity index (χ4v) is 3.93. The van der Waals surface area contributed by atoms with Gasteiger partial charge in [0.2, 0.25) is 10.0 Å². The number of likely N-dealkylation sites (N-methyl/N-ethyl adjacent to an activating group) is 1. The molecule has 0 saturated carbocycles. The topological polar surface area (TPSA) is 65.5 Å². The van der Waals surface area contributed by atoms with Crippen LogP contribution < -0.4 is 9.62 Å². The highest BCUT2D eigenvalue weighted by atomic mass is 32.2. The second-order valence-electron chi connectivity index (χ2n) is 5.34. The Kier molecular flexibility index (Phi) is 3.76. The second-order valence-corrected chi connectivity index (χ2v) is 8.10. The summed E-state index contributed by atoms with van der Waals surface area (Å²) in [4.78, 5) is 9.24. The van der Waals surface area contributed by atoms with Crippen LogP contribution in [0.2, 0.25) is 0 Å². The SMILES string of the molecule is CN1CCN(c2nc3ccc(NS(C)(=O)=O)cc3s2)CC1. The number of sulfonamides is 1. The molecule has 1 fully saturated rings. The Labute approximate surface area is 128 Å². The monoisotopic (exact) mass is 326 g/mol. The number of thiazole rings is 1. The predicted octanol–water partition coefficient (Wildman–Crippen LogP) is 1.42. The summed E-state index contributed by atoms with van der Waals surface area (Å²) in [5, 5.41) is 1.01. The van der Waals surface area contributed by atoms with E-state index < -0.39 is 10.0 Å². The lowest BCUT2D eigenvalue weighted by Crippen LogP contribution is -2.44. The van der Waals surface area contributed by atoms with Crippen LogP contribution in [0.1, 0.15) is 0 Å². The van der Waals surface area contributed by atoms with Gasteiger partial charge >= 0.3 is 0 Å². The zero-order valence-electron chi connectivity index (χ0n) is 12.0. The molecule has 0 bridgehead atoms. The van der Waals surface area contributed by atoms with Crippen molar-refractivity contribution in [1.82, 2.24) is 9.88 Å². The van der Waals surface area contributed by atoms with E-state index in [0.717, 1.165) is 47.8 Å². The average Bonchev–Trinajstić information content (AvgIpc) is 2.80. The third-order valence-electron chi connectivity index (χ3n) is 3.45. The maximum atomic E-state index is 11.3. The van der Waals surface area contributed by atoms with Crippen LogP contribution in [0.5, 0.6) is 0 Å². The number of fused-ring (bicyclic) bond motifs is 1. The van der Waals surface area contributed by atoms with E-state index in [1.807, 2.05) is 12.1 Å². The fourth-order valence-electron chi connectivity index (χ4n) is 2.32. The van der Waals surface area contributed by atoms with E-state index >= 15 is 0 Å². The van der Waals surface area contributed by atoms with Gasteiger partial charge in [0.25, 0.3) is 0 Å². The summed E-state index contributed by atoms with van der Waals surface area (Å²) in [6.45, 7) is 4.03. The van der Waals surface area contributed by atoms with Crippen molar-refractivity contribution in [2.24, 2.45) is 0 Å². The van der Waals surface area contributed by atoms with Gasteiger partial charge in [-0.05, 0) is 25.2 Å². The number of piperazine rings is 1. The van der Waals surface area contributed by atoms with Crippen molar-refractivity contribution in [2.45, 2.75) is 0 Å². The summed E-state index contributed by atoms with van der Waals surface area (Å²) >= 11 is 1.61. The van der Waals surface area contributed by atoms with E-state index in [2.05, 4.69) is 26.6 Å². The minimum atomic E-state index is -3.25. The van der Waals surface area contributed by atoms with Crippen LogP contribution in [-0.4, -0.2) is 57.8 Å². The largest absolute Gasteiger partial charge is 0.345 e. The maximum absolute atomic E-state index is 11.3. The molecule has 3 rings (SSSR count). The Balaban J connectivity index is 1.86. The third-order valence-corrected chi connectivity index (χ3v) is 5.14. The molecule has 8 heteroatoms. The molecule has 1 N–H and O–H groups in total. The van der Waals surface area contributed by atoms with Gasteiger partial charge in [0.15, 0.2) is 5.13 Å². The molecule has 6 nitrogen and oxygen atoms in total. The maximum Gasteiger partial charge on any atom is 0.229 e. The van der Waals surface area contributed by atoms with Crippen LogP contribution in [0.15, 0.2) is 18.2 Å². The van der Waals surface area contributed by atoms with Crippen molar-refractivity contribution in [3.63, 3.8) is 0 Å². The van der Waals surface area contributed by atoms with Crippen molar-refractivity contribution in [2.75, 3.05) is 49.1 Å². The van der Waals surface area contributed by atoms with Gasteiger partial charge in [0.05, 0.1) is 22.2 Å². The summed E-state index contributed by atoms with van der Waals surface area (Å²) in [7, 11) is -1.12. The third kappa shape index (κ3) is 3.45. The normalized spacial score (nSPS) is 17.3. The minimum absolute atomic E-state index is 0.582. The minimum Gasteiger partial charge on any atom is -0.345 e. The molecule has 0 atom stereocenters. The summed E-state index contributed by atoms with van der Waals surface area (Å²) in [5.41, 5.74) is 1.49. The van der Waals surface area contributed by atoms with E-state index in [-0.39, 0.29) is 0 Å². The van der Waals surface area contributed by atoms with E-state index in [9.17, 15) is 8.42 Å². The Bertz CT molecular complexity index is 749. The van der Waals surface area contributed by atoms with Crippen molar-refractivity contribution in [1.29, 1.82) is 0 Å². The highest BCUT2D eigenvalue weighted by molar-refractivity contribution is 7.92. The van der Waals surface area contributed by atoms with Crippen LogP contribution in [0.4, 0.5) is 10.8 Å². The lowest BCUT2D eigenvalue weighted by molar-refractivity contribution is 0.313. The first-order chi connectivity index (χ1) is 9.90. The average molecular weight is 326 g/mol. The molecule has 1 aromatic carbocycles. The lowest BCUT2D eigenvalue weighted by atomic mass is 10.3. The molecule has 114 valence electrons. The first kappa shape index (κ1) is 14.6. The van der Waals surface area contributed by atoms with Crippen LogP contribution in [0, 0.1) is 0 Å². The van der Waals surface area contributed by atoms with Crippen LogP contribution in [0.3, 0.4) is 0 Å². The smallest absolute Gasteiger partial charge is 0.229 e. The number of nitrogens with one attached hydrogen (secondary N) is 1. The zero-order valence-corrected chi connectivity index (χ0v) is 13.7. The molecule has 2 heterocycles. The van der Waals surface area contributed by atoms with Gasteiger partial charge in [0, 0.05) is 26.2 Å². The number of rotatable bonds is 3. The Morgan fingerprint density at radius 1 is 1.24 bits per heavy atom. The van der Waals surface area contributed by atoms with Crippen molar-refractivity contribution >= 4 is 42.4 Å². The van der Waals surface area contributed by atoms with Gasteiger partial charge in [-0.2, -0.15) is 0 Å². The number of benzene rings is 1. The molecule has 0 amide bonds. The van der Waals surface area contributed by atoms with Crippen molar-refractivity contribution < 1.29 is 8.42 Å². The first-order valence-corrected chi connectivity index (χ1v) is 9.43. The lowest BCUT2D eigenvalue weighted by Gasteiger charge is -2.31. The van der Waals surface area contributed by atoms with Crippen molar-refractivity contribution in [3.05, 3.63) is 18.2 Å². The molecular weight excluding hydrogens is 308 g/mol. The van der Waals surface area contributed by atoms with Gasteiger partial charge in [-0.3, -0.25) is 4.72 Å². The van der Waals surface area contributed by atoms with E-state index in [1.165, 1.54) is 0 Å². The molecular formula is C13H18N4O2S2. The van der Waals surface area contributed by atoms with E-state index in [4.69, 9.17) is 0 Å². The summed E-state index contributed by atoms with van der Waals surface area (Å²) < 4.78 is 26.1. The van der Waals surface area contributed by atoms with Gasteiger partial charge < -0.3 is 9.80 Å². The van der Waals surface area contributed by atoms with Crippen LogP contribution >= 0.6 is 11.3 Å². The molecule has 0 aliphatic carbocycles. The zero-order chi connectivity index (χ0) is 15.0. The molecule has 1 saturated heterocycles. The van der Waals surface area contributed by atoms with E-state index in [1.54, 1.807) is 17.4 Å². The molecule has 2 aromatic rings. The quantitative estimate of drug-likeness (QED) is 0.924. The molecule has 0 unspecified atom stereocenters. The molecule has 1 aliphatic rings. The number of anilines is 2. The van der Waals surface area contributed by atoms with Gasteiger partial charge in [-0.25, -0.2) is 13.4 Å². The highest BCUT2D eigenvalue weighted by Gasteiger charge is 2.17. The molecule has 1 aliphatic heterocycles. The van der Waals surface area contributed by atoms with Crippen molar-refractivity contribution in [3.8, 4) is 0 Å². The Hall–Kier alpha value is -1.38.